The highest BCUT2D eigenvalue weighted by atomic mass is 32.1. The zero-order chi connectivity index (χ0) is 24.2. The molecule has 0 spiro atoms. The number of nitrogens with one attached hydrogen (secondary N) is 3. The first-order valence-electron chi connectivity index (χ1n) is 11.5. The molecule has 1 fully saturated rings. The van der Waals surface area contributed by atoms with Crippen LogP contribution in [0.1, 0.15) is 54.4 Å². The van der Waals surface area contributed by atoms with Crippen LogP contribution in [0, 0.1) is 18.3 Å². The predicted molar refractivity (Wildman–Crippen MR) is 138 cm³/mol. The van der Waals surface area contributed by atoms with E-state index in [9.17, 15) is 4.79 Å². The van der Waals surface area contributed by atoms with E-state index in [1.807, 2.05) is 43.3 Å². The molecule has 1 amide bonds. The van der Waals surface area contributed by atoms with Gasteiger partial charge in [0.15, 0.2) is 0 Å². The fourth-order valence-electron chi connectivity index (χ4n) is 4.26. The van der Waals surface area contributed by atoms with Crippen LogP contribution in [0.15, 0.2) is 53.4 Å². The highest BCUT2D eigenvalue weighted by molar-refractivity contribution is 7.80. The van der Waals surface area contributed by atoms with Crippen LogP contribution in [0.5, 0.6) is 5.75 Å². The Labute approximate surface area is 205 Å². The van der Waals surface area contributed by atoms with Crippen LogP contribution in [0.2, 0.25) is 0 Å². The van der Waals surface area contributed by atoms with Gasteiger partial charge in [0, 0.05) is 22.2 Å². The highest BCUT2D eigenvalue weighted by Gasteiger charge is 2.20. The van der Waals surface area contributed by atoms with Crippen molar-refractivity contribution >= 4 is 30.1 Å². The molecule has 1 aliphatic rings. The molecule has 178 valence electrons. The average molecular weight is 478 g/mol. The Balaban J connectivity index is 1.45. The van der Waals surface area contributed by atoms with Gasteiger partial charge in [-0.25, -0.2) is 4.68 Å². The minimum Gasteiger partial charge on any atom is -0.497 e. The third-order valence-electron chi connectivity index (χ3n) is 6.27. The van der Waals surface area contributed by atoms with Gasteiger partial charge < -0.3 is 15.4 Å². The maximum absolute atomic E-state index is 13.1. The number of thiol groups is 1. The minimum atomic E-state index is -0.276. The first-order chi connectivity index (χ1) is 16.3. The normalized spacial score (nSPS) is 17.8. The Morgan fingerprint density at radius 2 is 1.82 bits per heavy atom. The lowest BCUT2D eigenvalue weighted by molar-refractivity contribution is 0.101. The number of aryl methyl sites for hydroxylation is 1. The van der Waals surface area contributed by atoms with Crippen LogP contribution in [0.25, 0.3) is 5.69 Å². The van der Waals surface area contributed by atoms with Crippen molar-refractivity contribution < 1.29 is 9.53 Å². The minimum absolute atomic E-state index is 0.276. The topological polar surface area (TPSA) is 92.0 Å². The summed E-state index contributed by atoms with van der Waals surface area (Å²) in [6.07, 6.45) is 4.62. The third-order valence-corrected chi connectivity index (χ3v) is 6.63. The SMILES string of the molecule is COc1ccc(-n2nc(C)cc2C(=O)Nc2ccc(C(=N)NC3CCC(C)CC3)cc2)c(S)c1. The lowest BCUT2D eigenvalue weighted by atomic mass is 9.87. The molecule has 1 aromatic heterocycles. The fraction of sp³-hybridized carbons (Fsp3) is 0.346. The Kier molecular flexibility index (Phi) is 7.26. The van der Waals surface area contributed by atoms with Crippen molar-refractivity contribution in [1.82, 2.24) is 15.1 Å². The zero-order valence-corrected chi connectivity index (χ0v) is 20.7. The molecule has 0 saturated heterocycles. The van der Waals surface area contributed by atoms with Gasteiger partial charge in [0.2, 0.25) is 0 Å². The van der Waals surface area contributed by atoms with Crippen molar-refractivity contribution in [3.8, 4) is 11.4 Å². The fourth-order valence-corrected chi connectivity index (χ4v) is 4.56. The predicted octanol–water partition coefficient (Wildman–Crippen LogP) is 5.22. The number of carbonyl (C=O) groups is 1. The molecule has 3 aromatic rings. The monoisotopic (exact) mass is 477 g/mol. The van der Waals surface area contributed by atoms with Gasteiger partial charge in [-0.15, -0.1) is 12.6 Å². The lowest BCUT2D eigenvalue weighted by Gasteiger charge is -2.27. The standard InChI is InChI=1S/C26H31N5O2S/c1-16-4-8-19(9-5-16)28-25(27)18-6-10-20(11-7-18)29-26(32)23-14-17(2)30-31(23)22-13-12-21(33-3)15-24(22)34/h6-7,10-16,19,34H,4-5,8-9H2,1-3H3,(H2,27,28)(H,29,32). The van der Waals surface area contributed by atoms with Crippen LogP contribution in [0.3, 0.4) is 0 Å². The number of hydrogen-bond acceptors (Lipinski definition) is 5. The van der Waals surface area contributed by atoms with Gasteiger partial charge in [0.25, 0.3) is 5.91 Å². The molecule has 4 rings (SSSR count). The number of rotatable bonds is 6. The number of amides is 1. The lowest BCUT2D eigenvalue weighted by Crippen LogP contribution is -2.37. The average Bonchev–Trinajstić information content (AvgIpc) is 3.22. The first-order valence-corrected chi connectivity index (χ1v) is 12.0. The molecule has 8 heteroatoms. The van der Waals surface area contributed by atoms with Gasteiger partial charge >= 0.3 is 0 Å². The van der Waals surface area contributed by atoms with Crippen LogP contribution in [0.4, 0.5) is 5.69 Å². The Bertz CT molecular complexity index is 1180. The molecule has 0 radical (unpaired) electrons. The number of hydrogen-bond donors (Lipinski definition) is 4. The van der Waals surface area contributed by atoms with E-state index < -0.39 is 0 Å². The summed E-state index contributed by atoms with van der Waals surface area (Å²) < 4.78 is 6.83. The van der Waals surface area contributed by atoms with E-state index in [4.69, 9.17) is 10.1 Å². The number of anilines is 1. The van der Waals surface area contributed by atoms with Gasteiger partial charge in [0.1, 0.15) is 17.3 Å². The molecule has 3 N–H and O–H groups in total. The summed E-state index contributed by atoms with van der Waals surface area (Å²) in [6, 6.07) is 14.9. The Morgan fingerprint density at radius 1 is 1.12 bits per heavy atom. The van der Waals surface area contributed by atoms with E-state index in [1.165, 1.54) is 12.8 Å². The molecule has 7 nitrogen and oxygen atoms in total. The summed E-state index contributed by atoms with van der Waals surface area (Å²) in [4.78, 5) is 13.7. The second-order valence-corrected chi connectivity index (χ2v) is 9.43. The van der Waals surface area contributed by atoms with Crippen molar-refractivity contribution in [3.63, 3.8) is 0 Å². The molecule has 34 heavy (non-hydrogen) atoms. The summed E-state index contributed by atoms with van der Waals surface area (Å²) in [5.41, 5.74) is 3.27. The second-order valence-electron chi connectivity index (χ2n) is 8.95. The Morgan fingerprint density at radius 3 is 2.47 bits per heavy atom. The summed E-state index contributed by atoms with van der Waals surface area (Å²) in [5.74, 6) is 1.61. The summed E-state index contributed by atoms with van der Waals surface area (Å²) in [5, 5.41) is 19.2. The van der Waals surface area contributed by atoms with Gasteiger partial charge in [-0.3, -0.25) is 10.2 Å². The van der Waals surface area contributed by atoms with Crippen molar-refractivity contribution in [2.45, 2.75) is 50.5 Å². The van der Waals surface area contributed by atoms with Crippen molar-refractivity contribution in [3.05, 3.63) is 65.5 Å². The van der Waals surface area contributed by atoms with E-state index >= 15 is 0 Å². The van der Waals surface area contributed by atoms with Crippen LogP contribution >= 0.6 is 12.6 Å². The number of ether oxygens (including phenoxy) is 1. The molecule has 0 atom stereocenters. The van der Waals surface area contributed by atoms with Crippen LogP contribution in [-0.2, 0) is 0 Å². The smallest absolute Gasteiger partial charge is 0.274 e. The summed E-state index contributed by atoms with van der Waals surface area (Å²) in [7, 11) is 1.60. The molecule has 1 aliphatic carbocycles. The number of carbonyl (C=O) groups excluding carboxylic acids is 1. The van der Waals surface area contributed by atoms with Gasteiger partial charge in [-0.1, -0.05) is 6.92 Å². The quantitative estimate of drug-likeness (QED) is 0.222. The Hall–Kier alpha value is -3.26. The van der Waals surface area contributed by atoms with Crippen LogP contribution < -0.4 is 15.4 Å². The van der Waals surface area contributed by atoms with Crippen molar-refractivity contribution in [2.75, 3.05) is 12.4 Å². The largest absolute Gasteiger partial charge is 0.497 e. The maximum atomic E-state index is 13.1. The van der Waals surface area contributed by atoms with Crippen molar-refractivity contribution in [1.29, 1.82) is 5.41 Å². The molecular weight excluding hydrogens is 446 g/mol. The number of amidine groups is 1. The molecule has 0 bridgehead atoms. The number of benzene rings is 2. The van der Waals surface area contributed by atoms with E-state index in [0.29, 0.717) is 39.6 Å². The number of aromatic nitrogens is 2. The zero-order valence-electron chi connectivity index (χ0n) is 19.8. The maximum Gasteiger partial charge on any atom is 0.274 e. The van der Waals surface area contributed by atoms with Gasteiger partial charge in [-0.05, 0) is 87.1 Å². The van der Waals surface area contributed by atoms with E-state index in [0.717, 1.165) is 30.0 Å². The van der Waals surface area contributed by atoms with Gasteiger partial charge in [0.05, 0.1) is 18.5 Å². The highest BCUT2D eigenvalue weighted by Crippen LogP contribution is 2.26. The third kappa shape index (κ3) is 5.44. The number of nitrogens with zero attached hydrogens (tertiary/aromatic N) is 2. The number of methoxy groups -OCH3 is 1. The van der Waals surface area contributed by atoms with Gasteiger partial charge in [-0.2, -0.15) is 5.10 Å². The van der Waals surface area contributed by atoms with E-state index in [-0.39, 0.29) is 5.91 Å². The molecule has 0 aliphatic heterocycles. The van der Waals surface area contributed by atoms with Crippen molar-refractivity contribution in [2.24, 2.45) is 5.92 Å². The second kappa shape index (κ2) is 10.3. The van der Waals surface area contributed by atoms with E-state index in [2.05, 4.69) is 35.3 Å². The van der Waals surface area contributed by atoms with Crippen LogP contribution in [-0.4, -0.2) is 34.7 Å². The summed E-state index contributed by atoms with van der Waals surface area (Å²) >= 11 is 4.54. The van der Waals surface area contributed by atoms with E-state index in [1.54, 1.807) is 23.9 Å². The molecular formula is C26H31N5O2S. The molecule has 2 aromatic carbocycles. The molecule has 1 heterocycles. The summed E-state index contributed by atoms with van der Waals surface area (Å²) in [6.45, 7) is 4.13. The molecule has 1 saturated carbocycles. The first kappa shape index (κ1) is 23.9. The molecule has 0 unspecified atom stereocenters.